The van der Waals surface area contributed by atoms with Gasteiger partial charge < -0.3 is 10.3 Å². The fourth-order valence-corrected chi connectivity index (χ4v) is 1.64. The van der Waals surface area contributed by atoms with Gasteiger partial charge in [0.1, 0.15) is 5.56 Å². The molecular formula is C12H14N4O2. The first-order valence-electron chi connectivity index (χ1n) is 5.63. The van der Waals surface area contributed by atoms with Crippen molar-refractivity contribution < 1.29 is 4.79 Å². The summed E-state index contributed by atoms with van der Waals surface area (Å²) < 4.78 is 1.72. The summed E-state index contributed by atoms with van der Waals surface area (Å²) in [5.41, 5.74) is -0.272. The molecule has 2 aromatic rings. The molecule has 18 heavy (non-hydrogen) atoms. The van der Waals surface area contributed by atoms with Gasteiger partial charge in [-0.2, -0.15) is 5.10 Å². The van der Waals surface area contributed by atoms with Gasteiger partial charge in [-0.25, -0.2) is 0 Å². The molecule has 0 aliphatic rings. The van der Waals surface area contributed by atoms with E-state index >= 15 is 0 Å². The Labute approximate surface area is 104 Å². The molecule has 1 atom stereocenters. The van der Waals surface area contributed by atoms with Crippen LogP contribution in [-0.4, -0.2) is 26.7 Å². The summed E-state index contributed by atoms with van der Waals surface area (Å²) in [6.07, 6.45) is 4.99. The predicted molar refractivity (Wildman–Crippen MR) is 66.2 cm³/mol. The third kappa shape index (κ3) is 2.85. The van der Waals surface area contributed by atoms with Crippen molar-refractivity contribution in [2.45, 2.75) is 19.5 Å². The summed E-state index contributed by atoms with van der Waals surface area (Å²) in [4.78, 5) is 25.7. The van der Waals surface area contributed by atoms with Crippen molar-refractivity contribution in [1.82, 2.24) is 20.1 Å². The summed E-state index contributed by atoms with van der Waals surface area (Å²) in [7, 11) is 0. The van der Waals surface area contributed by atoms with Gasteiger partial charge in [-0.15, -0.1) is 0 Å². The van der Waals surface area contributed by atoms with Crippen molar-refractivity contribution in [3.05, 3.63) is 52.7 Å². The monoisotopic (exact) mass is 246 g/mol. The maximum absolute atomic E-state index is 11.8. The van der Waals surface area contributed by atoms with Gasteiger partial charge in [0.05, 0.1) is 6.54 Å². The topological polar surface area (TPSA) is 79.8 Å². The van der Waals surface area contributed by atoms with Crippen LogP contribution in [0.25, 0.3) is 0 Å². The highest BCUT2D eigenvalue weighted by atomic mass is 16.2. The molecule has 0 spiro atoms. The zero-order valence-electron chi connectivity index (χ0n) is 9.96. The van der Waals surface area contributed by atoms with E-state index in [-0.39, 0.29) is 23.1 Å². The molecule has 0 aliphatic heterocycles. The van der Waals surface area contributed by atoms with Crippen LogP contribution in [0.4, 0.5) is 0 Å². The Morgan fingerprint density at radius 2 is 2.39 bits per heavy atom. The number of carbonyl (C=O) groups excluding carboxylic acids is 1. The largest absolute Gasteiger partial charge is 0.348 e. The van der Waals surface area contributed by atoms with Crippen LogP contribution < -0.4 is 10.9 Å². The van der Waals surface area contributed by atoms with Crippen molar-refractivity contribution in [1.29, 1.82) is 0 Å². The number of rotatable bonds is 4. The lowest BCUT2D eigenvalue weighted by Crippen LogP contribution is -2.38. The highest BCUT2D eigenvalue weighted by Crippen LogP contribution is 1.94. The van der Waals surface area contributed by atoms with E-state index in [9.17, 15) is 9.59 Å². The van der Waals surface area contributed by atoms with Crippen LogP contribution in [0.1, 0.15) is 17.3 Å². The Kier molecular flexibility index (Phi) is 3.57. The first-order valence-corrected chi connectivity index (χ1v) is 5.63. The SMILES string of the molecule is C[C@@H](Cn1cccn1)NC(=O)c1ccc[nH]c1=O. The Bertz CT molecular complexity index is 574. The predicted octanol–water partition coefficient (Wildman–Crippen LogP) is 0.390. The molecule has 94 valence electrons. The Hall–Kier alpha value is -2.37. The minimum absolute atomic E-state index is 0.114. The van der Waals surface area contributed by atoms with E-state index < -0.39 is 0 Å². The molecule has 2 heterocycles. The molecule has 0 aromatic carbocycles. The van der Waals surface area contributed by atoms with E-state index in [4.69, 9.17) is 0 Å². The molecule has 2 aromatic heterocycles. The normalized spacial score (nSPS) is 12.1. The molecule has 2 N–H and O–H groups in total. The number of hydrogen-bond donors (Lipinski definition) is 2. The summed E-state index contributed by atoms with van der Waals surface area (Å²) >= 11 is 0. The summed E-state index contributed by atoms with van der Waals surface area (Å²) in [5, 5.41) is 6.81. The number of amides is 1. The Morgan fingerprint density at radius 1 is 1.56 bits per heavy atom. The van der Waals surface area contributed by atoms with Gasteiger partial charge in [0.25, 0.3) is 11.5 Å². The molecule has 2 rings (SSSR count). The molecule has 0 saturated carbocycles. The van der Waals surface area contributed by atoms with E-state index in [2.05, 4.69) is 15.4 Å². The number of nitrogens with one attached hydrogen (secondary N) is 2. The minimum atomic E-state index is -0.388. The highest BCUT2D eigenvalue weighted by molar-refractivity contribution is 5.93. The number of aromatic amines is 1. The molecule has 0 fully saturated rings. The standard InChI is InChI=1S/C12H14N4O2/c1-9(8-16-7-3-6-14-16)15-12(18)10-4-2-5-13-11(10)17/h2-7,9H,8H2,1H3,(H,13,17)(H,15,18)/t9-/m0/s1. The zero-order valence-corrected chi connectivity index (χ0v) is 9.96. The van der Waals surface area contributed by atoms with Crippen LogP contribution in [-0.2, 0) is 6.54 Å². The van der Waals surface area contributed by atoms with Crippen LogP contribution in [0.15, 0.2) is 41.6 Å². The van der Waals surface area contributed by atoms with Crippen LogP contribution >= 0.6 is 0 Å². The van der Waals surface area contributed by atoms with E-state index in [1.807, 2.05) is 19.2 Å². The number of nitrogens with zero attached hydrogens (tertiary/aromatic N) is 2. The fourth-order valence-electron chi connectivity index (χ4n) is 1.64. The minimum Gasteiger partial charge on any atom is -0.348 e. The molecule has 0 unspecified atom stereocenters. The molecule has 1 amide bonds. The fraction of sp³-hybridized carbons (Fsp3) is 0.250. The van der Waals surface area contributed by atoms with E-state index in [0.717, 1.165) is 0 Å². The maximum atomic E-state index is 11.8. The average Bonchev–Trinajstić information content (AvgIpc) is 2.82. The van der Waals surface area contributed by atoms with Gasteiger partial charge in [-0.1, -0.05) is 0 Å². The van der Waals surface area contributed by atoms with Crippen LogP contribution in [0, 0.1) is 0 Å². The molecule has 0 saturated heterocycles. The molecule has 0 radical (unpaired) electrons. The smallest absolute Gasteiger partial charge is 0.260 e. The second-order valence-corrected chi connectivity index (χ2v) is 4.02. The summed E-state index contributed by atoms with van der Waals surface area (Å²) in [6.45, 7) is 2.42. The van der Waals surface area contributed by atoms with E-state index in [0.29, 0.717) is 6.54 Å². The second kappa shape index (κ2) is 5.31. The maximum Gasteiger partial charge on any atom is 0.260 e. The lowest BCUT2D eigenvalue weighted by molar-refractivity contribution is 0.0934. The molecule has 6 nitrogen and oxygen atoms in total. The van der Waals surface area contributed by atoms with Gasteiger partial charge in [-0.3, -0.25) is 14.3 Å². The van der Waals surface area contributed by atoms with Gasteiger partial charge in [0.15, 0.2) is 0 Å². The highest BCUT2D eigenvalue weighted by Gasteiger charge is 2.12. The van der Waals surface area contributed by atoms with Crippen molar-refractivity contribution in [2.24, 2.45) is 0 Å². The second-order valence-electron chi connectivity index (χ2n) is 4.02. The summed E-state index contributed by atoms with van der Waals surface area (Å²) in [5.74, 6) is -0.378. The first kappa shape index (κ1) is 12.1. The van der Waals surface area contributed by atoms with Gasteiger partial charge in [0.2, 0.25) is 0 Å². The number of pyridine rings is 1. The zero-order chi connectivity index (χ0) is 13.0. The third-order valence-corrected chi connectivity index (χ3v) is 2.46. The van der Waals surface area contributed by atoms with Crippen LogP contribution in [0.3, 0.4) is 0 Å². The van der Waals surface area contributed by atoms with Gasteiger partial charge in [-0.05, 0) is 25.1 Å². The van der Waals surface area contributed by atoms with Crippen molar-refractivity contribution in [3.63, 3.8) is 0 Å². The summed E-state index contributed by atoms with van der Waals surface area (Å²) in [6, 6.07) is 4.82. The quantitative estimate of drug-likeness (QED) is 0.819. The first-order chi connectivity index (χ1) is 8.66. The van der Waals surface area contributed by atoms with Gasteiger partial charge >= 0.3 is 0 Å². The number of H-pyrrole nitrogens is 1. The van der Waals surface area contributed by atoms with Crippen molar-refractivity contribution in [2.75, 3.05) is 0 Å². The van der Waals surface area contributed by atoms with Crippen molar-refractivity contribution in [3.8, 4) is 0 Å². The number of hydrogen-bond acceptors (Lipinski definition) is 3. The van der Waals surface area contributed by atoms with Crippen LogP contribution in [0.2, 0.25) is 0 Å². The molecule has 0 bridgehead atoms. The lowest BCUT2D eigenvalue weighted by Gasteiger charge is -2.13. The van der Waals surface area contributed by atoms with Gasteiger partial charge in [0, 0.05) is 24.6 Å². The molecular weight excluding hydrogens is 232 g/mol. The third-order valence-electron chi connectivity index (χ3n) is 2.46. The average molecular weight is 246 g/mol. The lowest BCUT2D eigenvalue weighted by atomic mass is 10.2. The number of carbonyl (C=O) groups is 1. The molecule has 6 heteroatoms. The Balaban J connectivity index is 1.99. The van der Waals surface area contributed by atoms with E-state index in [1.165, 1.54) is 12.3 Å². The van der Waals surface area contributed by atoms with Crippen molar-refractivity contribution >= 4 is 5.91 Å². The number of aromatic nitrogens is 3. The Morgan fingerprint density at radius 3 is 3.06 bits per heavy atom. The van der Waals surface area contributed by atoms with Crippen LogP contribution in [0.5, 0.6) is 0 Å². The molecule has 0 aliphatic carbocycles. The van der Waals surface area contributed by atoms with E-state index in [1.54, 1.807) is 16.9 Å².